The maximum absolute atomic E-state index is 13.5. The van der Waals surface area contributed by atoms with E-state index >= 15 is 0 Å². The summed E-state index contributed by atoms with van der Waals surface area (Å²) >= 11 is 0. The summed E-state index contributed by atoms with van der Waals surface area (Å²) in [5.74, 6) is 5.33. The average molecular weight is 280 g/mol. The molecule has 0 amide bonds. The Bertz CT molecular complexity index is 492. The lowest BCUT2D eigenvalue weighted by atomic mass is 10.1. The standard InChI is InChI=1S/C15H18F2N2O/c16-7-4-2-1-3-5-12-9-14(15(17)19-10-12)20-11-13-6-8-18-13/h9-10,13,18H,1-2,4,6-8,11H2. The van der Waals surface area contributed by atoms with Gasteiger partial charge in [0.1, 0.15) is 6.61 Å². The zero-order valence-electron chi connectivity index (χ0n) is 11.3. The van der Waals surface area contributed by atoms with E-state index in [0.29, 0.717) is 31.1 Å². The van der Waals surface area contributed by atoms with Crippen LogP contribution in [0.15, 0.2) is 12.3 Å². The molecule has 0 spiro atoms. The van der Waals surface area contributed by atoms with Crippen LogP contribution in [0.25, 0.3) is 0 Å². The molecule has 1 aromatic rings. The molecule has 0 aromatic carbocycles. The van der Waals surface area contributed by atoms with Gasteiger partial charge in [-0.15, -0.1) is 0 Å². The Hall–Kier alpha value is -1.67. The smallest absolute Gasteiger partial charge is 0.255 e. The Morgan fingerprint density at radius 3 is 3.00 bits per heavy atom. The molecule has 1 fully saturated rings. The van der Waals surface area contributed by atoms with Gasteiger partial charge in [-0.05, 0) is 25.8 Å². The average Bonchev–Trinajstić information content (AvgIpc) is 2.40. The number of nitrogens with one attached hydrogen (secondary N) is 1. The Balaban J connectivity index is 1.89. The fraction of sp³-hybridized carbons (Fsp3) is 0.533. The largest absolute Gasteiger partial charge is 0.487 e. The molecule has 2 heterocycles. The molecule has 1 N–H and O–H groups in total. The number of nitrogens with zero attached hydrogens (tertiary/aromatic N) is 1. The van der Waals surface area contributed by atoms with E-state index in [4.69, 9.17) is 4.74 Å². The van der Waals surface area contributed by atoms with Gasteiger partial charge in [0.25, 0.3) is 5.95 Å². The van der Waals surface area contributed by atoms with Gasteiger partial charge in [-0.25, -0.2) is 4.98 Å². The number of halogens is 2. The summed E-state index contributed by atoms with van der Waals surface area (Å²) in [5.41, 5.74) is 0.614. The van der Waals surface area contributed by atoms with Crippen molar-refractivity contribution in [2.75, 3.05) is 19.8 Å². The van der Waals surface area contributed by atoms with Crippen molar-refractivity contribution in [3.63, 3.8) is 0 Å². The van der Waals surface area contributed by atoms with Gasteiger partial charge >= 0.3 is 0 Å². The lowest BCUT2D eigenvalue weighted by Gasteiger charge is -2.27. The van der Waals surface area contributed by atoms with Crippen LogP contribution in [0.5, 0.6) is 5.75 Å². The van der Waals surface area contributed by atoms with Crippen molar-refractivity contribution in [1.29, 1.82) is 0 Å². The first-order valence-corrected chi connectivity index (χ1v) is 6.86. The van der Waals surface area contributed by atoms with Crippen LogP contribution in [0.3, 0.4) is 0 Å². The molecule has 1 unspecified atom stereocenters. The first-order chi connectivity index (χ1) is 9.79. The van der Waals surface area contributed by atoms with Gasteiger partial charge in [-0.1, -0.05) is 11.8 Å². The summed E-state index contributed by atoms with van der Waals surface area (Å²) < 4.78 is 30.8. The number of hydrogen-bond donors (Lipinski definition) is 1. The van der Waals surface area contributed by atoms with E-state index in [9.17, 15) is 8.78 Å². The Morgan fingerprint density at radius 1 is 1.45 bits per heavy atom. The van der Waals surface area contributed by atoms with Gasteiger partial charge in [0.15, 0.2) is 5.75 Å². The topological polar surface area (TPSA) is 34.1 Å². The van der Waals surface area contributed by atoms with E-state index in [1.807, 2.05) is 0 Å². The van der Waals surface area contributed by atoms with Crippen molar-refractivity contribution >= 4 is 0 Å². The number of ether oxygens (including phenoxy) is 1. The highest BCUT2D eigenvalue weighted by Crippen LogP contribution is 2.17. The summed E-state index contributed by atoms with van der Waals surface area (Å²) in [7, 11) is 0. The third-order valence-electron chi connectivity index (χ3n) is 3.09. The van der Waals surface area contributed by atoms with Gasteiger partial charge in [0.05, 0.1) is 6.67 Å². The fourth-order valence-corrected chi connectivity index (χ4v) is 1.75. The summed E-state index contributed by atoms with van der Waals surface area (Å²) in [4.78, 5) is 3.64. The maximum atomic E-state index is 13.5. The van der Waals surface area contributed by atoms with Crippen LogP contribution in [-0.4, -0.2) is 30.9 Å². The molecule has 0 bridgehead atoms. The Kier molecular flexibility index (Phi) is 5.75. The third-order valence-corrected chi connectivity index (χ3v) is 3.09. The number of hydrogen-bond acceptors (Lipinski definition) is 3. The normalized spacial score (nSPS) is 17.0. The zero-order valence-corrected chi connectivity index (χ0v) is 11.3. The van der Waals surface area contributed by atoms with Crippen LogP contribution in [0.2, 0.25) is 0 Å². The molecule has 3 nitrogen and oxygen atoms in total. The highest BCUT2D eigenvalue weighted by molar-refractivity contribution is 5.37. The van der Waals surface area contributed by atoms with Crippen molar-refractivity contribution in [3.05, 3.63) is 23.8 Å². The fourth-order valence-electron chi connectivity index (χ4n) is 1.75. The minimum absolute atomic E-state index is 0.134. The second kappa shape index (κ2) is 7.81. The molecular weight excluding hydrogens is 262 g/mol. The number of pyridine rings is 1. The highest BCUT2D eigenvalue weighted by atomic mass is 19.1. The minimum atomic E-state index is -0.618. The first kappa shape index (κ1) is 14.7. The van der Waals surface area contributed by atoms with E-state index in [0.717, 1.165) is 19.4 Å². The lowest BCUT2D eigenvalue weighted by molar-refractivity contribution is 0.209. The van der Waals surface area contributed by atoms with Crippen LogP contribution in [0.1, 0.15) is 31.2 Å². The SMILES string of the molecule is FCCCCC#Cc1cnc(F)c(OCC2CCN2)c1. The number of aromatic nitrogens is 1. The minimum Gasteiger partial charge on any atom is -0.487 e. The van der Waals surface area contributed by atoms with Crippen molar-refractivity contribution in [3.8, 4) is 17.6 Å². The molecule has 108 valence electrons. The first-order valence-electron chi connectivity index (χ1n) is 6.86. The lowest BCUT2D eigenvalue weighted by Crippen LogP contribution is -2.46. The molecule has 1 atom stereocenters. The predicted octanol–water partition coefficient (Wildman–Crippen LogP) is 2.45. The predicted molar refractivity (Wildman–Crippen MR) is 72.8 cm³/mol. The summed E-state index contributed by atoms with van der Waals surface area (Å²) in [5, 5.41) is 3.18. The molecule has 0 saturated carbocycles. The summed E-state index contributed by atoms with van der Waals surface area (Å²) in [6.07, 6.45) is 4.31. The van der Waals surface area contributed by atoms with Gasteiger partial charge in [-0.2, -0.15) is 4.39 Å². The summed E-state index contributed by atoms with van der Waals surface area (Å²) in [6, 6.07) is 1.85. The number of unbranched alkanes of at least 4 members (excludes halogenated alkanes) is 2. The van der Waals surface area contributed by atoms with Crippen molar-refractivity contribution in [2.45, 2.75) is 31.7 Å². The van der Waals surface area contributed by atoms with Crippen molar-refractivity contribution in [1.82, 2.24) is 10.3 Å². The second-order valence-electron chi connectivity index (χ2n) is 4.71. The molecule has 20 heavy (non-hydrogen) atoms. The van der Waals surface area contributed by atoms with Gasteiger partial charge < -0.3 is 10.1 Å². The van der Waals surface area contributed by atoms with E-state index in [1.165, 1.54) is 6.20 Å². The molecule has 1 aromatic heterocycles. The van der Waals surface area contributed by atoms with E-state index in [2.05, 4.69) is 22.1 Å². The molecular formula is C15H18F2N2O. The maximum Gasteiger partial charge on any atom is 0.255 e. The van der Waals surface area contributed by atoms with Crippen LogP contribution >= 0.6 is 0 Å². The summed E-state index contributed by atoms with van der Waals surface area (Å²) in [6.45, 7) is 1.11. The monoisotopic (exact) mass is 280 g/mol. The number of rotatable bonds is 6. The highest BCUT2D eigenvalue weighted by Gasteiger charge is 2.17. The molecule has 2 rings (SSSR count). The van der Waals surface area contributed by atoms with Gasteiger partial charge in [0, 0.05) is 30.3 Å². The van der Waals surface area contributed by atoms with Crippen LogP contribution < -0.4 is 10.1 Å². The molecule has 1 aliphatic rings. The Labute approximate surface area is 117 Å². The van der Waals surface area contributed by atoms with Crippen molar-refractivity contribution < 1.29 is 13.5 Å². The Morgan fingerprint density at radius 2 is 2.30 bits per heavy atom. The van der Waals surface area contributed by atoms with E-state index in [1.54, 1.807) is 6.07 Å². The van der Waals surface area contributed by atoms with Gasteiger partial charge in [-0.3, -0.25) is 4.39 Å². The van der Waals surface area contributed by atoms with Crippen LogP contribution in [-0.2, 0) is 0 Å². The molecule has 0 radical (unpaired) electrons. The van der Waals surface area contributed by atoms with Gasteiger partial charge in [0.2, 0.25) is 0 Å². The zero-order chi connectivity index (χ0) is 14.2. The van der Waals surface area contributed by atoms with E-state index < -0.39 is 5.95 Å². The molecule has 0 aliphatic carbocycles. The van der Waals surface area contributed by atoms with Crippen LogP contribution in [0.4, 0.5) is 8.78 Å². The quantitative estimate of drug-likeness (QED) is 0.494. The molecule has 1 aliphatic heterocycles. The third kappa shape index (κ3) is 4.46. The van der Waals surface area contributed by atoms with Crippen molar-refractivity contribution in [2.24, 2.45) is 0 Å². The molecule has 1 saturated heterocycles. The molecule has 5 heteroatoms. The number of alkyl halides is 1. The van der Waals surface area contributed by atoms with E-state index in [-0.39, 0.29) is 12.4 Å². The second-order valence-corrected chi connectivity index (χ2v) is 4.71. The van der Waals surface area contributed by atoms with Crippen LogP contribution in [0, 0.1) is 17.8 Å².